The first kappa shape index (κ1) is 25.2. The van der Waals surface area contributed by atoms with Crippen molar-refractivity contribution in [1.29, 1.82) is 0 Å². The quantitative estimate of drug-likeness (QED) is 0.492. The van der Waals surface area contributed by atoms with Crippen LogP contribution in [0.25, 0.3) is 6.08 Å². The van der Waals surface area contributed by atoms with Crippen molar-refractivity contribution in [3.63, 3.8) is 0 Å². The summed E-state index contributed by atoms with van der Waals surface area (Å²) >= 11 is 1.18. The van der Waals surface area contributed by atoms with E-state index < -0.39 is 12.0 Å². The molecular formula is C27H28N2O6S. The number of carbonyl (C=O) groups is 1. The van der Waals surface area contributed by atoms with Gasteiger partial charge >= 0.3 is 5.97 Å². The van der Waals surface area contributed by atoms with Gasteiger partial charge in [0.25, 0.3) is 5.56 Å². The summed E-state index contributed by atoms with van der Waals surface area (Å²) in [6.45, 7) is 7.48. The molecular weight excluding hydrogens is 480 g/mol. The van der Waals surface area contributed by atoms with Gasteiger partial charge < -0.3 is 19.3 Å². The molecule has 4 rings (SSSR count). The van der Waals surface area contributed by atoms with Crippen molar-refractivity contribution in [2.45, 2.75) is 39.8 Å². The van der Waals surface area contributed by atoms with Crippen molar-refractivity contribution in [3.05, 3.63) is 84.5 Å². The number of nitrogens with zero attached hydrogens (tertiary/aromatic N) is 2. The monoisotopic (exact) mass is 508 g/mol. The Kier molecular flexibility index (Phi) is 7.30. The molecule has 9 heteroatoms. The molecule has 1 unspecified atom stereocenters. The van der Waals surface area contributed by atoms with Crippen molar-refractivity contribution in [2.24, 2.45) is 4.99 Å². The van der Waals surface area contributed by atoms with E-state index in [-0.39, 0.29) is 29.6 Å². The highest BCUT2D eigenvalue weighted by Gasteiger charge is 2.35. The third-order valence-electron chi connectivity index (χ3n) is 5.63. The zero-order chi connectivity index (χ0) is 26.0. The lowest BCUT2D eigenvalue weighted by Gasteiger charge is -2.26. The molecule has 0 fully saturated rings. The van der Waals surface area contributed by atoms with Gasteiger partial charge in [0, 0.05) is 11.1 Å². The van der Waals surface area contributed by atoms with Gasteiger partial charge in [0.05, 0.1) is 35.6 Å². The Hall–Kier alpha value is -3.85. The summed E-state index contributed by atoms with van der Waals surface area (Å²) < 4.78 is 18.4. The molecule has 0 bridgehead atoms. The van der Waals surface area contributed by atoms with E-state index in [1.165, 1.54) is 23.0 Å². The topological polar surface area (TPSA) is 99.4 Å². The first-order valence-corrected chi connectivity index (χ1v) is 12.4. The van der Waals surface area contributed by atoms with Gasteiger partial charge in [-0.3, -0.25) is 9.36 Å². The van der Waals surface area contributed by atoms with E-state index in [1.54, 1.807) is 38.1 Å². The zero-order valence-electron chi connectivity index (χ0n) is 20.8. The fraction of sp³-hybridized carbons (Fsp3) is 0.296. The minimum Gasteiger partial charge on any atom is -0.504 e. The number of rotatable bonds is 7. The van der Waals surface area contributed by atoms with Crippen molar-refractivity contribution >= 4 is 23.4 Å². The molecule has 36 heavy (non-hydrogen) atoms. The van der Waals surface area contributed by atoms with Crippen molar-refractivity contribution in [1.82, 2.24) is 4.57 Å². The van der Waals surface area contributed by atoms with Crippen LogP contribution in [0.3, 0.4) is 0 Å². The molecule has 0 spiro atoms. The molecule has 3 aromatic rings. The van der Waals surface area contributed by atoms with Crippen LogP contribution in [-0.4, -0.2) is 35.5 Å². The van der Waals surface area contributed by atoms with Crippen LogP contribution in [0.4, 0.5) is 0 Å². The Bertz CT molecular complexity index is 1520. The fourth-order valence-electron chi connectivity index (χ4n) is 4.12. The summed E-state index contributed by atoms with van der Waals surface area (Å²) in [5.74, 6) is 0.257. The van der Waals surface area contributed by atoms with Gasteiger partial charge in [-0.15, -0.1) is 0 Å². The van der Waals surface area contributed by atoms with Crippen LogP contribution >= 0.6 is 11.3 Å². The molecule has 1 N–H and O–H groups in total. The fourth-order valence-corrected chi connectivity index (χ4v) is 5.15. The third-order valence-corrected chi connectivity index (χ3v) is 6.61. The number of carbonyl (C=O) groups excluding carboxylic acids is 1. The number of hydrogen-bond donors (Lipinski definition) is 1. The second-order valence-electron chi connectivity index (χ2n) is 8.40. The number of phenolic OH excluding ortho intramolecular Hbond substituents is 1. The molecule has 2 heterocycles. The van der Waals surface area contributed by atoms with Crippen LogP contribution in [0.2, 0.25) is 0 Å². The molecule has 0 saturated carbocycles. The van der Waals surface area contributed by atoms with E-state index in [1.807, 2.05) is 38.1 Å². The predicted octanol–water partition coefficient (Wildman–Crippen LogP) is 3.30. The molecule has 1 aromatic heterocycles. The summed E-state index contributed by atoms with van der Waals surface area (Å²) in [6.07, 6.45) is 1.48. The van der Waals surface area contributed by atoms with Crippen molar-refractivity contribution in [2.75, 3.05) is 13.7 Å². The average molecular weight is 509 g/mol. The lowest BCUT2D eigenvalue weighted by Crippen LogP contribution is -2.40. The first-order valence-electron chi connectivity index (χ1n) is 11.6. The van der Waals surface area contributed by atoms with Crippen LogP contribution in [0.15, 0.2) is 63.5 Å². The summed E-state index contributed by atoms with van der Waals surface area (Å²) in [7, 11) is 1.46. The third kappa shape index (κ3) is 4.66. The maximum Gasteiger partial charge on any atom is 0.338 e. The second-order valence-corrected chi connectivity index (χ2v) is 9.41. The number of thiazole rings is 1. The highest BCUT2D eigenvalue weighted by atomic mass is 32.1. The molecule has 1 atom stereocenters. The van der Waals surface area contributed by atoms with Crippen LogP contribution in [0, 0.1) is 0 Å². The molecule has 1 aliphatic rings. The van der Waals surface area contributed by atoms with Gasteiger partial charge in [-0.1, -0.05) is 41.7 Å². The summed E-state index contributed by atoms with van der Waals surface area (Å²) in [6, 6.07) is 11.6. The average Bonchev–Trinajstić information content (AvgIpc) is 3.14. The number of para-hydroxylation sites is 2. The highest BCUT2D eigenvalue weighted by molar-refractivity contribution is 7.07. The van der Waals surface area contributed by atoms with Crippen LogP contribution < -0.4 is 24.4 Å². The lowest BCUT2D eigenvalue weighted by atomic mass is 9.95. The number of esters is 1. The van der Waals surface area contributed by atoms with E-state index in [0.29, 0.717) is 37.7 Å². The Labute approximate surface area is 212 Å². The largest absolute Gasteiger partial charge is 0.504 e. The van der Waals surface area contributed by atoms with Gasteiger partial charge in [0.1, 0.15) is 11.8 Å². The van der Waals surface area contributed by atoms with Crippen LogP contribution in [0.1, 0.15) is 44.9 Å². The van der Waals surface area contributed by atoms with Crippen LogP contribution in [0.5, 0.6) is 17.2 Å². The number of aromatic nitrogens is 1. The van der Waals surface area contributed by atoms with E-state index in [0.717, 1.165) is 0 Å². The summed E-state index contributed by atoms with van der Waals surface area (Å²) in [4.78, 5) is 31.9. The second kappa shape index (κ2) is 10.4. The van der Waals surface area contributed by atoms with Crippen molar-refractivity contribution < 1.29 is 24.1 Å². The maximum atomic E-state index is 13.8. The molecule has 2 aromatic carbocycles. The Morgan fingerprint density at radius 1 is 1.19 bits per heavy atom. The first-order chi connectivity index (χ1) is 17.3. The molecule has 1 aliphatic heterocycles. The maximum absolute atomic E-state index is 13.8. The summed E-state index contributed by atoms with van der Waals surface area (Å²) in [5.41, 5.74) is 1.48. The number of ether oxygens (including phenoxy) is 3. The number of methoxy groups -OCH3 is 1. The smallest absolute Gasteiger partial charge is 0.338 e. The standard InChI is InChI=1S/C27H28N2O6S/c1-6-34-26(32)22-16(4)28-27-29(23(22)18-11-7-8-12-19(18)35-15(2)3)25(31)21(36-27)14-17-10-9-13-20(33-5)24(17)30/h7-15,23,30H,6H2,1-5H3. The SMILES string of the molecule is CCOC(=O)C1=C(C)N=c2sc(=Cc3cccc(OC)c3O)c(=O)n2C1c1ccccc1OC(C)C. The minimum atomic E-state index is -0.795. The number of allylic oxidation sites excluding steroid dienone is 1. The van der Waals surface area contributed by atoms with E-state index in [4.69, 9.17) is 14.2 Å². The van der Waals surface area contributed by atoms with Crippen LogP contribution in [-0.2, 0) is 9.53 Å². The molecule has 8 nitrogen and oxygen atoms in total. The minimum absolute atomic E-state index is 0.0681. The van der Waals surface area contributed by atoms with Gasteiger partial charge in [-0.2, -0.15) is 0 Å². The Morgan fingerprint density at radius 3 is 2.61 bits per heavy atom. The van der Waals surface area contributed by atoms with E-state index in [9.17, 15) is 14.7 Å². The molecule has 0 saturated heterocycles. The highest BCUT2D eigenvalue weighted by Crippen LogP contribution is 2.36. The lowest BCUT2D eigenvalue weighted by molar-refractivity contribution is -0.139. The van der Waals surface area contributed by atoms with Gasteiger partial charge in [-0.05, 0) is 45.9 Å². The number of hydrogen-bond acceptors (Lipinski definition) is 8. The number of aromatic hydroxyl groups is 1. The van der Waals surface area contributed by atoms with Gasteiger partial charge in [-0.25, -0.2) is 9.79 Å². The molecule has 0 radical (unpaired) electrons. The van der Waals surface area contributed by atoms with E-state index >= 15 is 0 Å². The van der Waals surface area contributed by atoms with Crippen molar-refractivity contribution in [3.8, 4) is 17.2 Å². The van der Waals surface area contributed by atoms with E-state index in [2.05, 4.69) is 4.99 Å². The number of phenols is 1. The number of benzene rings is 2. The summed E-state index contributed by atoms with van der Waals surface area (Å²) in [5, 5.41) is 10.5. The molecule has 0 aliphatic carbocycles. The zero-order valence-corrected chi connectivity index (χ0v) is 21.6. The molecule has 0 amide bonds. The van der Waals surface area contributed by atoms with Gasteiger partial charge in [0.15, 0.2) is 16.3 Å². The Morgan fingerprint density at radius 2 is 1.92 bits per heavy atom. The Balaban J connectivity index is 1.99. The predicted molar refractivity (Wildman–Crippen MR) is 137 cm³/mol. The number of fused-ring (bicyclic) bond motifs is 1. The normalized spacial score (nSPS) is 15.5. The molecule has 188 valence electrons. The van der Waals surface area contributed by atoms with Gasteiger partial charge in [0.2, 0.25) is 0 Å².